The first-order chi connectivity index (χ1) is 42.6. The molecule has 0 aromatic heterocycles. The Morgan fingerprint density at radius 1 is 0.360 bits per heavy atom. The monoisotopic (exact) mass is 1160 g/mol. The lowest BCUT2D eigenvalue weighted by atomic mass is 9.97. The maximum atomic E-state index is 6.79. The van der Waals surface area contributed by atoms with Gasteiger partial charge in [0.15, 0.2) is 0 Å². The average Bonchev–Trinajstić information content (AvgIpc) is 3.02. The fourth-order valence-electron chi connectivity index (χ4n) is 12.0. The average molecular weight is 1160 g/mol. The lowest BCUT2D eigenvalue weighted by Crippen LogP contribution is -2.38. The molecule has 86 heavy (non-hydrogen) atoms. The van der Waals surface area contributed by atoms with Gasteiger partial charge in [0, 0.05) is 86.8 Å². The molecule has 8 bridgehead atoms. The molecule has 12 rings (SSSR count). The van der Waals surface area contributed by atoms with E-state index in [1.807, 2.05) is 18.2 Å². The van der Waals surface area contributed by atoms with Gasteiger partial charge in [0.1, 0.15) is 42.8 Å². The number of morpholine rings is 3. The van der Waals surface area contributed by atoms with Crippen LogP contribution < -0.4 is 18.9 Å². The van der Waals surface area contributed by atoms with Crippen LogP contribution in [0, 0.1) is 0 Å². The number of hydrogen-bond acceptors (Lipinski definition) is 14. The Morgan fingerprint density at radius 2 is 0.721 bits per heavy atom. The van der Waals surface area contributed by atoms with Gasteiger partial charge in [-0.2, -0.15) is 0 Å². The van der Waals surface area contributed by atoms with Crippen LogP contribution in [0.2, 0.25) is 0 Å². The molecule has 3 saturated heterocycles. The van der Waals surface area contributed by atoms with Crippen LogP contribution in [0.25, 0.3) is 22.3 Å². The van der Waals surface area contributed by atoms with Crippen LogP contribution in [-0.2, 0) is 14.2 Å². The quantitative estimate of drug-likeness (QED) is 0.0561. The largest absolute Gasteiger partial charge is 0.493 e. The first kappa shape index (κ1) is 58.8. The summed E-state index contributed by atoms with van der Waals surface area (Å²) in [6.45, 7) is 16.9. The van der Waals surface area contributed by atoms with E-state index in [0.29, 0.717) is 26.4 Å². The number of rotatable bonds is 26. The highest BCUT2D eigenvalue weighted by molar-refractivity contribution is 6.39. The van der Waals surface area contributed by atoms with Crippen LogP contribution in [-0.4, -0.2) is 163 Å². The van der Waals surface area contributed by atoms with Crippen molar-refractivity contribution in [2.45, 2.75) is 58.3 Å². The number of allylic oxidation sites excluding steroid dienone is 12. The summed E-state index contributed by atoms with van der Waals surface area (Å²) in [5, 5.41) is 0. The van der Waals surface area contributed by atoms with E-state index in [1.165, 1.54) is 38.5 Å². The standard InChI is InChI=1S/C72H81N7O7/c1-2-3-4-5-6-7-8-11-40-86-68-22-10-9-21-59(68)72-66-29-27-64(75-66)70(54-16-13-19-57(51-54)84-48-38-78-33-43-81-44-34-78)62-25-23-60(73-62)69(53-15-12-18-56(50-53)83-47-37-77-31-41-80-42-32-77)61-24-26-63(74-61)71(65-28-30-67(72)76-65)55-17-14-20-58(52-55)85-49-39-79-35-45-82-46-36-79/h9-10,12-30,50-52H,2-8,11,31-49H2,1H3. The van der Waals surface area contributed by atoms with Crippen molar-refractivity contribution in [3.05, 3.63) is 191 Å². The SMILES string of the molecule is CCCCCCCCCCOc1ccccc1C1=C2C=CC(=N2)C(c2cccc(OCCN3CCOCC3)c2)=C2C=CC(=N2)C(c2cccc(OCCN3CCOCC3)c2)=C2C=CC(=N2)C(c2cccc(OCCN3CCOCC3)c2)=C2C=CC1=N2. The molecule has 0 amide bonds. The van der Waals surface area contributed by atoms with Crippen molar-refractivity contribution in [2.24, 2.45) is 20.0 Å². The Hall–Kier alpha value is -7.56. The van der Waals surface area contributed by atoms with Crippen LogP contribution in [0.5, 0.6) is 23.0 Å². The first-order valence-corrected chi connectivity index (χ1v) is 31.5. The fraction of sp³-hybridized carbons (Fsp3) is 0.389. The van der Waals surface area contributed by atoms with Crippen LogP contribution >= 0.6 is 0 Å². The van der Waals surface area contributed by atoms with Gasteiger partial charge >= 0.3 is 0 Å². The zero-order valence-electron chi connectivity index (χ0n) is 49.9. The Morgan fingerprint density at radius 3 is 1.13 bits per heavy atom. The molecular weight excluding hydrogens is 1070 g/mol. The van der Waals surface area contributed by atoms with E-state index >= 15 is 0 Å². The minimum atomic E-state index is 0.555. The van der Waals surface area contributed by atoms with E-state index in [1.54, 1.807) is 0 Å². The second-order valence-electron chi connectivity index (χ2n) is 22.7. The predicted octanol–water partition coefficient (Wildman–Crippen LogP) is 12.3. The minimum absolute atomic E-state index is 0.555. The first-order valence-electron chi connectivity index (χ1n) is 31.5. The topological polar surface area (TPSA) is 124 Å². The van der Waals surface area contributed by atoms with Crippen molar-refractivity contribution in [2.75, 3.05) is 125 Å². The van der Waals surface area contributed by atoms with Gasteiger partial charge in [0.25, 0.3) is 0 Å². The molecule has 0 aliphatic carbocycles. The van der Waals surface area contributed by atoms with Gasteiger partial charge in [-0.3, -0.25) is 14.7 Å². The van der Waals surface area contributed by atoms with Crippen molar-refractivity contribution in [3.8, 4) is 23.0 Å². The van der Waals surface area contributed by atoms with Gasteiger partial charge in [-0.1, -0.05) is 106 Å². The molecule has 0 radical (unpaired) electrons. The predicted molar refractivity (Wildman–Crippen MR) is 346 cm³/mol. The summed E-state index contributed by atoms with van der Waals surface area (Å²) in [6.07, 6.45) is 26.7. The number of aliphatic imine (C=N–C) groups is 4. The van der Waals surface area contributed by atoms with Gasteiger partial charge in [-0.25, -0.2) is 20.0 Å². The molecular formula is C72H81N7O7. The van der Waals surface area contributed by atoms with E-state index in [2.05, 4.69) is 149 Å². The molecule has 4 aromatic rings. The lowest BCUT2D eigenvalue weighted by Gasteiger charge is -2.26. The summed E-state index contributed by atoms with van der Waals surface area (Å²) in [4.78, 5) is 29.7. The third-order valence-electron chi connectivity index (χ3n) is 16.7. The third-order valence-corrected chi connectivity index (χ3v) is 16.7. The molecule has 0 spiro atoms. The molecule has 3 fully saturated rings. The van der Waals surface area contributed by atoms with Crippen molar-refractivity contribution < 1.29 is 33.2 Å². The number of fused-ring (bicyclic) bond motifs is 4. The Labute approximate surface area is 507 Å². The number of hydrogen-bond donors (Lipinski definition) is 0. The molecule has 0 atom stereocenters. The summed E-state index contributed by atoms with van der Waals surface area (Å²) < 4.78 is 43.2. The normalized spacial score (nSPS) is 19.0. The number of nitrogens with zero attached hydrogens (tertiary/aromatic N) is 7. The molecule has 0 saturated carbocycles. The van der Waals surface area contributed by atoms with Crippen LogP contribution in [0.4, 0.5) is 0 Å². The van der Waals surface area contributed by atoms with Crippen LogP contribution in [0.1, 0.15) is 80.5 Å². The summed E-state index contributed by atoms with van der Waals surface area (Å²) in [6, 6.07) is 33.4. The second-order valence-corrected chi connectivity index (χ2v) is 22.7. The van der Waals surface area contributed by atoms with Crippen molar-refractivity contribution >= 4 is 45.1 Å². The summed E-state index contributed by atoms with van der Waals surface area (Å²) in [5.74, 6) is 3.13. The molecule has 4 aromatic carbocycles. The van der Waals surface area contributed by atoms with Crippen molar-refractivity contribution in [1.82, 2.24) is 14.7 Å². The van der Waals surface area contributed by atoms with E-state index < -0.39 is 0 Å². The van der Waals surface area contributed by atoms with E-state index in [9.17, 15) is 0 Å². The number of ether oxygens (including phenoxy) is 7. The zero-order chi connectivity index (χ0) is 58.1. The molecule has 14 heteroatoms. The van der Waals surface area contributed by atoms with Crippen LogP contribution in [0.15, 0.2) is 188 Å². The molecule has 0 unspecified atom stereocenters. The Bertz CT molecular complexity index is 3380. The number of unbranched alkanes of at least 4 members (excludes halogenated alkanes) is 7. The maximum absolute atomic E-state index is 6.79. The number of benzene rings is 4. The molecule has 14 nitrogen and oxygen atoms in total. The number of para-hydroxylation sites is 1. The van der Waals surface area contributed by atoms with Gasteiger partial charge < -0.3 is 33.2 Å². The molecule has 8 heterocycles. The fourth-order valence-corrected chi connectivity index (χ4v) is 12.0. The summed E-state index contributed by atoms with van der Waals surface area (Å²) in [7, 11) is 0. The Kier molecular flexibility index (Phi) is 20.3. The minimum Gasteiger partial charge on any atom is -0.493 e. The Balaban J connectivity index is 0.972. The smallest absolute Gasteiger partial charge is 0.127 e. The van der Waals surface area contributed by atoms with Gasteiger partial charge in [-0.05, 0) is 114 Å². The maximum Gasteiger partial charge on any atom is 0.127 e. The van der Waals surface area contributed by atoms with E-state index in [-0.39, 0.29) is 0 Å². The summed E-state index contributed by atoms with van der Waals surface area (Å²) >= 11 is 0. The highest BCUT2D eigenvalue weighted by atomic mass is 16.5. The highest BCUT2D eigenvalue weighted by Crippen LogP contribution is 2.41. The van der Waals surface area contributed by atoms with Crippen molar-refractivity contribution in [1.29, 1.82) is 0 Å². The summed E-state index contributed by atoms with van der Waals surface area (Å²) in [5.41, 5.74) is 13.4. The van der Waals surface area contributed by atoms with Gasteiger partial charge in [-0.15, -0.1) is 0 Å². The highest BCUT2D eigenvalue weighted by Gasteiger charge is 2.29. The molecule has 8 aliphatic rings. The molecule has 0 N–H and O–H groups in total. The van der Waals surface area contributed by atoms with Crippen molar-refractivity contribution in [3.63, 3.8) is 0 Å². The van der Waals surface area contributed by atoms with Crippen LogP contribution in [0.3, 0.4) is 0 Å². The lowest BCUT2D eigenvalue weighted by molar-refractivity contribution is 0.0321. The zero-order valence-corrected chi connectivity index (χ0v) is 49.9. The second kappa shape index (κ2) is 29.7. The molecule has 8 aliphatic heterocycles. The van der Waals surface area contributed by atoms with E-state index in [4.69, 9.17) is 53.1 Å². The van der Waals surface area contributed by atoms with Gasteiger partial charge in [0.05, 0.1) is 91.9 Å². The van der Waals surface area contributed by atoms with E-state index in [0.717, 1.165) is 225 Å². The molecule has 446 valence electrons. The third kappa shape index (κ3) is 15.0. The van der Waals surface area contributed by atoms with Gasteiger partial charge in [0.2, 0.25) is 0 Å².